The Hall–Kier alpha value is -0.530. The summed E-state index contributed by atoms with van der Waals surface area (Å²) >= 11 is 0. The third-order valence-electron chi connectivity index (χ3n) is 60.2. The van der Waals surface area contributed by atoms with E-state index in [1.54, 1.807) is 0 Å². The summed E-state index contributed by atoms with van der Waals surface area (Å²) in [4.78, 5) is 16.0. The Balaban J connectivity index is 5.40. The molecule has 1 rings (SSSR count). The molecule has 132 heavy (non-hydrogen) atoms. The number of rotatable bonds is 62. The van der Waals surface area contributed by atoms with Gasteiger partial charge in [-0.05, 0) is 382 Å². The molecule has 0 aromatic carbocycles. The van der Waals surface area contributed by atoms with Gasteiger partial charge >= 0.3 is 5.97 Å². The Labute approximate surface area is 838 Å². The zero-order valence-electron chi connectivity index (χ0n) is 104. The fourth-order valence-corrected chi connectivity index (χ4v) is 42.3. The summed E-state index contributed by atoms with van der Waals surface area (Å²) in [5.74, 6) is 0.0670. The van der Waals surface area contributed by atoms with Crippen molar-refractivity contribution in [3.63, 3.8) is 0 Å². The zero-order chi connectivity index (χ0) is 105. The Morgan fingerprint density at radius 3 is 0.371 bits per heavy atom. The van der Waals surface area contributed by atoms with E-state index in [4.69, 9.17) is 4.74 Å². The van der Waals surface area contributed by atoms with Gasteiger partial charge in [-0.2, -0.15) is 0 Å². The monoisotopic (exact) mass is 1850 g/mol. The molecule has 0 heterocycles. The SMILES string of the molecule is CCC1(OC(=O)C(C)(CC)C(C)(CC)C(C)(CC)C(C)(CC)C(C)(CC)C(C)(CC)C(C)(CC)C(C)(CC)C(C)(CC)C(C)(CC)C(C)(CC)C(C)(CC)C(C)(CC)C(C)(CC)C(C)(CC)C(C)(CC)C(C)(CC)C(C)(CC)C(C)(CC)C(C)(CC)C(C)(CC)C(C)(CC)C(C)(CC)C(C)(CC)C(C)(CC)C(C)(CC)C(C)(CC)C(C)(CC)C(C)(CC)C(C)(C)CC)CCCCC1. The van der Waals surface area contributed by atoms with E-state index in [2.05, 4.69) is 429 Å². The lowest BCUT2D eigenvalue weighted by atomic mass is 9.25. The fourth-order valence-electron chi connectivity index (χ4n) is 42.3. The van der Waals surface area contributed by atoms with Crippen LogP contribution in [0.5, 0.6) is 0 Å². The van der Waals surface area contributed by atoms with Crippen LogP contribution in [0.3, 0.4) is 0 Å². The smallest absolute Gasteiger partial charge is 0.312 e. The van der Waals surface area contributed by atoms with Crippen molar-refractivity contribution in [2.45, 2.75) is 666 Å². The van der Waals surface area contributed by atoms with Crippen molar-refractivity contribution in [3.05, 3.63) is 0 Å². The lowest BCUT2D eigenvalue weighted by Crippen LogP contribution is -2.73. The first-order valence-electron chi connectivity index (χ1n) is 59.2. The maximum Gasteiger partial charge on any atom is 0.312 e. The van der Waals surface area contributed by atoms with Gasteiger partial charge in [0.15, 0.2) is 0 Å². The van der Waals surface area contributed by atoms with Gasteiger partial charge in [-0.1, -0.05) is 435 Å². The van der Waals surface area contributed by atoms with Gasteiger partial charge in [0, 0.05) is 0 Å². The number of hydrogen-bond donors (Lipinski definition) is 0. The van der Waals surface area contributed by atoms with Crippen molar-refractivity contribution in [1.82, 2.24) is 0 Å². The Morgan fingerprint density at radius 2 is 0.273 bits per heavy atom. The highest BCUT2D eigenvalue weighted by atomic mass is 16.6. The summed E-state index contributed by atoms with van der Waals surface area (Å²) < 4.78 is 7.22. The minimum atomic E-state index is -0.700. The Bertz CT molecular complexity index is 3480. The van der Waals surface area contributed by atoms with Crippen molar-refractivity contribution in [2.24, 2.45) is 162 Å². The van der Waals surface area contributed by atoms with Crippen LogP contribution in [0.25, 0.3) is 0 Å². The van der Waals surface area contributed by atoms with Gasteiger partial charge in [0.05, 0.1) is 5.41 Å². The first-order chi connectivity index (χ1) is 60.0. The molecule has 29 unspecified atom stereocenters. The Morgan fingerprint density at radius 1 is 0.159 bits per heavy atom. The van der Waals surface area contributed by atoms with Crippen LogP contribution in [0, 0.1) is 162 Å². The third kappa shape index (κ3) is 15.2. The maximum absolute atomic E-state index is 16.0. The quantitative estimate of drug-likeness (QED) is 0.0568. The third-order valence-corrected chi connectivity index (χ3v) is 60.2. The second kappa shape index (κ2) is 43.0. The lowest BCUT2D eigenvalue weighted by Gasteiger charge is -2.79. The standard InChI is InChI=1S/C130H258O2/c1-63-100(32,33)102(35,65-3)104(37,67-5)106(39,69-7)108(41,71-9)110(43,73-11)112(45,75-13)114(47,77-15)116(49,79-17)118(51,81-19)120(53,83-21)122(55,85-23)124(57,87-25)126(59,89-27)128(61,91-29)129(62,92-30)127(60,90-28)125(58,88-26)123(56,86-24)121(54,84-22)119(52,82-20)117(50,80-18)115(48,78-16)113(46,76-14)111(44,74-12)109(42,72-10)107(40,70-8)105(38,68-6)103(36,66-4)101(34,64-2)99(131)132-130(93-31)97-95-94-96-98-130/h63-98H2,1-62H3. The molecule has 0 spiro atoms. The van der Waals surface area contributed by atoms with E-state index >= 15 is 4.79 Å². The van der Waals surface area contributed by atoms with E-state index in [1.165, 1.54) is 38.5 Å². The average Bonchev–Trinajstić information content (AvgIpc) is 0.659. The molecule has 1 aliphatic rings. The molecule has 0 saturated heterocycles. The van der Waals surface area contributed by atoms with Crippen molar-refractivity contribution in [3.8, 4) is 0 Å². The number of ether oxygens (including phenoxy) is 1. The van der Waals surface area contributed by atoms with Crippen molar-refractivity contribution < 1.29 is 9.53 Å². The maximum atomic E-state index is 16.0. The molecule has 2 nitrogen and oxygen atoms in total. The van der Waals surface area contributed by atoms with Crippen LogP contribution in [0.15, 0.2) is 0 Å². The average molecular weight is 1850 g/mol. The first-order valence-corrected chi connectivity index (χ1v) is 59.2. The summed E-state index contributed by atoms with van der Waals surface area (Å²) in [5.41, 5.74) is -4.24. The molecule has 0 radical (unpaired) electrons. The largest absolute Gasteiger partial charge is 0.459 e. The summed E-state index contributed by atoms with van der Waals surface area (Å²) in [6.45, 7) is 170. The van der Waals surface area contributed by atoms with Crippen LogP contribution in [0.2, 0.25) is 0 Å². The lowest BCUT2D eigenvalue weighted by molar-refractivity contribution is -0.316. The molecule has 790 valence electrons. The molecule has 1 saturated carbocycles. The second-order valence-corrected chi connectivity index (χ2v) is 54.6. The van der Waals surface area contributed by atoms with E-state index in [-0.39, 0.29) is 169 Å². The molecular formula is C130H258O2. The van der Waals surface area contributed by atoms with E-state index < -0.39 is 5.41 Å². The van der Waals surface area contributed by atoms with Gasteiger partial charge in [0.25, 0.3) is 0 Å². The predicted molar refractivity (Wildman–Crippen MR) is 600 cm³/mol. The summed E-state index contributed by atoms with van der Waals surface area (Å²) in [7, 11) is 0. The van der Waals surface area contributed by atoms with Crippen molar-refractivity contribution >= 4 is 5.97 Å². The molecule has 0 aromatic rings. The summed E-state index contributed by atoms with van der Waals surface area (Å²) in [6.07, 6.45) is 39.6. The van der Waals surface area contributed by atoms with Gasteiger partial charge < -0.3 is 4.74 Å². The van der Waals surface area contributed by atoms with Crippen LogP contribution in [0.1, 0.15) is 660 Å². The van der Waals surface area contributed by atoms with Crippen LogP contribution in [-0.2, 0) is 9.53 Å². The molecule has 0 aromatic heterocycles. The van der Waals surface area contributed by atoms with Crippen LogP contribution in [-0.4, -0.2) is 11.6 Å². The van der Waals surface area contributed by atoms with E-state index in [0.717, 1.165) is 193 Å². The van der Waals surface area contributed by atoms with Gasteiger partial charge in [0.2, 0.25) is 0 Å². The molecule has 0 aliphatic heterocycles. The second-order valence-electron chi connectivity index (χ2n) is 54.6. The summed E-state index contributed by atoms with van der Waals surface area (Å²) in [5, 5.41) is 0. The molecule has 29 atom stereocenters. The van der Waals surface area contributed by atoms with Crippen molar-refractivity contribution in [1.29, 1.82) is 0 Å². The molecule has 1 aliphatic carbocycles. The Kier molecular flexibility index (Phi) is 42.2. The normalized spacial score (nSPS) is 27.5. The molecule has 2 heteroatoms. The van der Waals surface area contributed by atoms with E-state index in [0.29, 0.717) is 0 Å². The van der Waals surface area contributed by atoms with Crippen molar-refractivity contribution in [2.75, 3.05) is 0 Å². The molecule has 0 amide bonds. The van der Waals surface area contributed by atoms with Gasteiger partial charge in [-0.25, -0.2) is 0 Å². The topological polar surface area (TPSA) is 26.3 Å². The summed E-state index contributed by atoms with van der Waals surface area (Å²) in [6, 6.07) is 0. The number of hydrogen-bond acceptors (Lipinski definition) is 2. The molecule has 0 N–H and O–H groups in total. The van der Waals surface area contributed by atoms with Gasteiger partial charge in [-0.15, -0.1) is 0 Å². The van der Waals surface area contributed by atoms with Crippen LogP contribution >= 0.6 is 0 Å². The van der Waals surface area contributed by atoms with Gasteiger partial charge in [0.1, 0.15) is 5.60 Å². The minimum Gasteiger partial charge on any atom is -0.459 e. The zero-order valence-corrected chi connectivity index (χ0v) is 104. The first kappa shape index (κ1) is 129. The van der Waals surface area contributed by atoms with Crippen LogP contribution in [0.4, 0.5) is 0 Å². The highest BCUT2D eigenvalue weighted by Crippen LogP contribution is 2.88. The van der Waals surface area contributed by atoms with Gasteiger partial charge in [-0.3, -0.25) is 4.79 Å². The highest BCUT2D eigenvalue weighted by molar-refractivity contribution is 5.78. The number of carbonyl (C=O) groups is 1. The van der Waals surface area contributed by atoms with E-state index in [1.807, 2.05) is 0 Å². The highest BCUT2D eigenvalue weighted by Gasteiger charge is 2.82. The minimum absolute atomic E-state index is 0.0158. The van der Waals surface area contributed by atoms with E-state index in [9.17, 15) is 0 Å². The fraction of sp³-hybridized carbons (Fsp3) is 0.992. The molecular weight excluding hydrogens is 1590 g/mol. The number of esters is 1. The molecule has 0 bridgehead atoms. The molecule has 1 fully saturated rings. The predicted octanol–water partition coefficient (Wildman–Crippen LogP) is 45.2. The number of carbonyl (C=O) groups excluding carboxylic acids is 1. The van der Waals surface area contributed by atoms with Crippen LogP contribution < -0.4 is 0 Å².